The maximum Gasteiger partial charge on any atom is 0.257 e. The molecule has 0 aliphatic carbocycles. The highest BCUT2D eigenvalue weighted by atomic mass is 16.1. The van der Waals surface area contributed by atoms with Crippen molar-refractivity contribution in [1.29, 1.82) is 0 Å². The number of fused-ring (bicyclic) bond motifs is 1. The first-order valence-electron chi connectivity index (χ1n) is 11.1. The zero-order chi connectivity index (χ0) is 21.9. The Hall–Kier alpha value is -3.48. The molecule has 0 bridgehead atoms. The minimum Gasteiger partial charge on any atom is -0.314 e. The summed E-state index contributed by atoms with van der Waals surface area (Å²) in [6, 6.07) is 24.0. The molecule has 1 aromatic heterocycles. The van der Waals surface area contributed by atoms with Crippen LogP contribution in [0.25, 0.3) is 16.7 Å². The summed E-state index contributed by atoms with van der Waals surface area (Å²) in [6.45, 7) is 7.04. The first-order chi connectivity index (χ1) is 15.7. The largest absolute Gasteiger partial charge is 0.314 e. The summed E-state index contributed by atoms with van der Waals surface area (Å²) in [5, 5.41) is 6.43. The molecule has 0 atom stereocenters. The van der Waals surface area contributed by atoms with Gasteiger partial charge in [-0.1, -0.05) is 42.0 Å². The van der Waals surface area contributed by atoms with Gasteiger partial charge in [-0.05, 0) is 48.9 Å². The molecular weight excluding hydrogens is 398 g/mol. The van der Waals surface area contributed by atoms with Crippen molar-refractivity contribution >= 4 is 22.9 Å². The molecule has 0 spiro atoms. The number of imidazole rings is 1. The molecule has 3 aromatic carbocycles. The van der Waals surface area contributed by atoms with Gasteiger partial charge in [-0.2, -0.15) is 0 Å². The lowest BCUT2D eigenvalue weighted by Crippen LogP contribution is -2.42. The van der Waals surface area contributed by atoms with Gasteiger partial charge in [0.25, 0.3) is 5.91 Å². The van der Waals surface area contributed by atoms with E-state index in [4.69, 9.17) is 4.98 Å². The van der Waals surface area contributed by atoms with Crippen LogP contribution in [0.2, 0.25) is 0 Å². The van der Waals surface area contributed by atoms with Crippen molar-refractivity contribution in [2.45, 2.75) is 13.5 Å². The maximum absolute atomic E-state index is 13.0. The van der Waals surface area contributed by atoms with Gasteiger partial charge in [0.1, 0.15) is 0 Å². The van der Waals surface area contributed by atoms with Crippen LogP contribution in [0, 0.1) is 6.92 Å². The molecule has 0 saturated carbocycles. The van der Waals surface area contributed by atoms with Crippen LogP contribution in [-0.2, 0) is 6.54 Å². The predicted molar refractivity (Wildman–Crippen MR) is 128 cm³/mol. The van der Waals surface area contributed by atoms with Crippen LogP contribution in [-0.4, -0.2) is 46.5 Å². The van der Waals surface area contributed by atoms with Crippen LogP contribution >= 0.6 is 0 Å². The zero-order valence-corrected chi connectivity index (χ0v) is 18.2. The van der Waals surface area contributed by atoms with Crippen molar-refractivity contribution in [3.63, 3.8) is 0 Å². The molecule has 32 heavy (non-hydrogen) atoms. The third-order valence-electron chi connectivity index (χ3n) is 5.85. The number of hydrogen-bond acceptors (Lipinski definition) is 4. The van der Waals surface area contributed by atoms with Crippen LogP contribution in [0.1, 0.15) is 21.5 Å². The summed E-state index contributed by atoms with van der Waals surface area (Å²) >= 11 is 0. The molecule has 1 fully saturated rings. The Kier molecular flexibility index (Phi) is 5.71. The van der Waals surface area contributed by atoms with E-state index >= 15 is 0 Å². The fraction of sp³-hybridized carbons (Fsp3) is 0.231. The number of aryl methyl sites for hydroxylation is 1. The fourth-order valence-corrected chi connectivity index (χ4v) is 4.23. The van der Waals surface area contributed by atoms with E-state index in [0.717, 1.165) is 55.0 Å². The monoisotopic (exact) mass is 425 g/mol. The van der Waals surface area contributed by atoms with Gasteiger partial charge >= 0.3 is 0 Å². The molecule has 2 N–H and O–H groups in total. The van der Waals surface area contributed by atoms with Gasteiger partial charge in [0.05, 0.1) is 11.0 Å². The smallest absolute Gasteiger partial charge is 0.257 e. The number of anilines is 1. The van der Waals surface area contributed by atoms with Gasteiger partial charge < -0.3 is 5.32 Å². The van der Waals surface area contributed by atoms with Crippen LogP contribution in [0.15, 0.2) is 72.8 Å². The maximum atomic E-state index is 13.0. The average molecular weight is 426 g/mol. The van der Waals surface area contributed by atoms with E-state index in [1.807, 2.05) is 66.1 Å². The van der Waals surface area contributed by atoms with Gasteiger partial charge in [0.15, 0.2) is 0 Å². The summed E-state index contributed by atoms with van der Waals surface area (Å²) in [5.74, 6) is 0.360. The number of carbonyl (C=O) groups is 1. The molecule has 6 nitrogen and oxygen atoms in total. The van der Waals surface area contributed by atoms with Crippen LogP contribution < -0.4 is 10.6 Å². The molecular formula is C26H27N5O. The number of nitrogens with zero attached hydrogens (tertiary/aromatic N) is 3. The Bertz CT molecular complexity index is 1240. The van der Waals surface area contributed by atoms with Gasteiger partial charge in [0, 0.05) is 44.0 Å². The van der Waals surface area contributed by atoms with E-state index in [9.17, 15) is 4.79 Å². The van der Waals surface area contributed by atoms with Crippen molar-refractivity contribution in [2.24, 2.45) is 0 Å². The Balaban J connectivity index is 1.52. The number of aromatic nitrogens is 2. The first kappa shape index (κ1) is 20.4. The SMILES string of the molecule is Cc1cccc(C(=O)Nc2nc3cc(CN4CCNCC4)ccc3n2-c2ccccc2)c1. The third-order valence-corrected chi connectivity index (χ3v) is 5.85. The lowest BCUT2D eigenvalue weighted by molar-refractivity contribution is 0.102. The molecule has 5 rings (SSSR count). The summed E-state index contributed by atoms with van der Waals surface area (Å²) in [4.78, 5) is 20.3. The Morgan fingerprint density at radius 3 is 2.59 bits per heavy atom. The van der Waals surface area contributed by atoms with Crippen molar-refractivity contribution < 1.29 is 4.79 Å². The lowest BCUT2D eigenvalue weighted by atomic mass is 10.1. The summed E-state index contributed by atoms with van der Waals surface area (Å²) in [6.07, 6.45) is 0. The summed E-state index contributed by atoms with van der Waals surface area (Å²) in [7, 11) is 0. The molecule has 1 aliphatic rings. The van der Waals surface area contributed by atoms with Crippen LogP contribution in [0.3, 0.4) is 0 Å². The van der Waals surface area contributed by atoms with Gasteiger partial charge in [-0.3, -0.25) is 19.6 Å². The molecule has 4 aromatic rings. The van der Waals surface area contributed by atoms with Crippen LogP contribution in [0.4, 0.5) is 5.95 Å². The van der Waals surface area contributed by atoms with E-state index in [1.54, 1.807) is 0 Å². The third kappa shape index (κ3) is 4.28. The van der Waals surface area contributed by atoms with E-state index in [1.165, 1.54) is 5.56 Å². The van der Waals surface area contributed by atoms with Crippen molar-refractivity contribution in [3.8, 4) is 5.69 Å². The molecule has 6 heteroatoms. The van der Waals surface area contributed by atoms with Crippen molar-refractivity contribution in [2.75, 3.05) is 31.5 Å². The topological polar surface area (TPSA) is 62.2 Å². The minimum absolute atomic E-state index is 0.165. The second-order valence-corrected chi connectivity index (χ2v) is 8.28. The van der Waals surface area contributed by atoms with E-state index in [2.05, 4.69) is 33.7 Å². The highest BCUT2D eigenvalue weighted by Crippen LogP contribution is 2.26. The molecule has 0 radical (unpaired) electrons. The molecule has 162 valence electrons. The quantitative estimate of drug-likeness (QED) is 0.508. The number of piperazine rings is 1. The summed E-state index contributed by atoms with van der Waals surface area (Å²) in [5.41, 5.74) is 5.71. The van der Waals surface area contributed by atoms with E-state index in [-0.39, 0.29) is 5.91 Å². The second kappa shape index (κ2) is 8.94. The second-order valence-electron chi connectivity index (χ2n) is 8.28. The number of para-hydroxylation sites is 1. The minimum atomic E-state index is -0.165. The Morgan fingerprint density at radius 2 is 1.81 bits per heavy atom. The molecule has 0 unspecified atom stereocenters. The number of amides is 1. The van der Waals surface area contributed by atoms with Crippen molar-refractivity contribution in [1.82, 2.24) is 19.8 Å². The highest BCUT2D eigenvalue weighted by Gasteiger charge is 2.17. The molecule has 1 saturated heterocycles. The first-order valence-corrected chi connectivity index (χ1v) is 11.1. The number of benzene rings is 3. The molecule has 1 aliphatic heterocycles. The fourth-order valence-electron chi connectivity index (χ4n) is 4.23. The zero-order valence-electron chi connectivity index (χ0n) is 18.2. The Labute approximate surface area is 187 Å². The molecule has 2 heterocycles. The lowest BCUT2D eigenvalue weighted by Gasteiger charge is -2.27. The average Bonchev–Trinajstić information content (AvgIpc) is 3.17. The Morgan fingerprint density at radius 1 is 1.00 bits per heavy atom. The van der Waals surface area contributed by atoms with Gasteiger partial charge in [-0.25, -0.2) is 4.98 Å². The van der Waals surface area contributed by atoms with Crippen molar-refractivity contribution in [3.05, 3.63) is 89.5 Å². The number of rotatable bonds is 5. The summed E-state index contributed by atoms with van der Waals surface area (Å²) < 4.78 is 2.01. The number of nitrogens with one attached hydrogen (secondary N) is 2. The predicted octanol–water partition coefficient (Wildman–Crippen LogP) is 3.99. The normalized spacial score (nSPS) is 14.5. The van der Waals surface area contributed by atoms with Gasteiger partial charge in [0.2, 0.25) is 5.95 Å². The highest BCUT2D eigenvalue weighted by molar-refractivity contribution is 6.04. The van der Waals surface area contributed by atoms with E-state index in [0.29, 0.717) is 11.5 Å². The van der Waals surface area contributed by atoms with E-state index < -0.39 is 0 Å². The number of carbonyl (C=O) groups excluding carboxylic acids is 1. The standard InChI is InChI=1S/C26H27N5O/c1-19-6-5-7-21(16-19)25(32)29-26-28-23-17-20(18-30-14-12-27-13-15-30)10-11-24(23)31(26)22-8-3-2-4-9-22/h2-11,16-17,27H,12-15,18H2,1H3,(H,28,29,32). The molecule has 1 amide bonds. The van der Waals surface area contributed by atoms with Gasteiger partial charge in [-0.15, -0.1) is 0 Å². The number of hydrogen-bond donors (Lipinski definition) is 2. The van der Waals surface area contributed by atoms with Crippen LogP contribution in [0.5, 0.6) is 0 Å².